The van der Waals surface area contributed by atoms with Crippen LogP contribution in [0.15, 0.2) is 67.0 Å². The number of aromatic nitrogens is 1. The Morgan fingerprint density at radius 1 is 1.19 bits per heavy atom. The average molecular weight is 499 g/mol. The number of nitrogens with one attached hydrogen (secondary N) is 1. The van der Waals surface area contributed by atoms with E-state index in [4.69, 9.17) is 9.47 Å². The third kappa shape index (κ3) is 5.47. The summed E-state index contributed by atoms with van der Waals surface area (Å²) >= 11 is 0. The lowest BCUT2D eigenvalue weighted by molar-refractivity contribution is 0.0601. The van der Waals surface area contributed by atoms with Crippen LogP contribution in [-0.2, 0) is 4.74 Å². The van der Waals surface area contributed by atoms with Crippen LogP contribution in [0, 0.1) is 0 Å². The maximum Gasteiger partial charge on any atom is 0.340 e. The van der Waals surface area contributed by atoms with Crippen LogP contribution < -0.4 is 15.0 Å². The third-order valence-electron chi connectivity index (χ3n) is 7.35. The van der Waals surface area contributed by atoms with Crippen LogP contribution in [0.1, 0.15) is 40.2 Å². The van der Waals surface area contributed by atoms with Crippen molar-refractivity contribution in [3.63, 3.8) is 0 Å². The van der Waals surface area contributed by atoms with E-state index in [1.165, 1.54) is 23.8 Å². The van der Waals surface area contributed by atoms with E-state index in [1.54, 1.807) is 18.5 Å². The number of methoxy groups -OCH3 is 1. The second kappa shape index (κ2) is 11.0. The highest BCUT2D eigenvalue weighted by atomic mass is 16.5. The number of pyridine rings is 1. The number of nitrogens with zero attached hydrogens (tertiary/aromatic N) is 3. The molecule has 0 radical (unpaired) electrons. The molecular weight excluding hydrogens is 464 g/mol. The summed E-state index contributed by atoms with van der Waals surface area (Å²) in [6.07, 6.45) is 7.58. The van der Waals surface area contributed by atoms with Gasteiger partial charge in [-0.1, -0.05) is 24.3 Å². The Kier molecular flexibility index (Phi) is 7.42. The van der Waals surface area contributed by atoms with E-state index in [0.717, 1.165) is 43.1 Å². The van der Waals surface area contributed by atoms with Crippen molar-refractivity contribution in [3.8, 4) is 5.75 Å². The van der Waals surface area contributed by atoms with Crippen LogP contribution in [-0.4, -0.2) is 63.3 Å². The summed E-state index contributed by atoms with van der Waals surface area (Å²) in [4.78, 5) is 20.8. The number of anilines is 3. The van der Waals surface area contributed by atoms with Crippen molar-refractivity contribution < 1.29 is 14.3 Å². The normalized spacial score (nSPS) is 17.3. The number of carbonyl (C=O) groups is 1. The van der Waals surface area contributed by atoms with E-state index in [2.05, 4.69) is 82.7 Å². The zero-order chi connectivity index (χ0) is 25.8. The summed E-state index contributed by atoms with van der Waals surface area (Å²) in [5.41, 5.74) is 7.29. The first-order chi connectivity index (χ1) is 18.0. The molecule has 0 unspecified atom stereocenters. The van der Waals surface area contributed by atoms with Gasteiger partial charge in [-0.2, -0.15) is 0 Å². The number of hydrogen-bond donors (Lipinski definition) is 1. The van der Waals surface area contributed by atoms with E-state index in [9.17, 15) is 4.79 Å². The number of esters is 1. The fourth-order valence-corrected chi connectivity index (χ4v) is 5.01. The van der Waals surface area contributed by atoms with Crippen LogP contribution in [0.3, 0.4) is 0 Å². The lowest BCUT2D eigenvalue weighted by Gasteiger charge is -2.29. The van der Waals surface area contributed by atoms with Gasteiger partial charge < -0.3 is 24.6 Å². The molecule has 0 spiro atoms. The molecule has 0 saturated heterocycles. The number of benzene rings is 2. The van der Waals surface area contributed by atoms with Crippen molar-refractivity contribution in [2.24, 2.45) is 0 Å². The van der Waals surface area contributed by atoms with Crippen molar-refractivity contribution >= 4 is 28.6 Å². The molecule has 2 aliphatic heterocycles. The molecule has 2 aliphatic rings. The predicted octanol–water partition coefficient (Wildman–Crippen LogP) is 5.33. The molecule has 3 aromatic rings. The maximum absolute atomic E-state index is 12.1. The Hall–Kier alpha value is -3.84. The number of hydrogen-bond acceptors (Lipinski definition) is 7. The van der Waals surface area contributed by atoms with Gasteiger partial charge in [0.05, 0.1) is 31.2 Å². The molecule has 0 bridgehead atoms. The van der Waals surface area contributed by atoms with Crippen molar-refractivity contribution in [2.75, 3.05) is 57.7 Å². The molecule has 0 aliphatic carbocycles. The summed E-state index contributed by atoms with van der Waals surface area (Å²) in [5, 5.41) is 3.40. The summed E-state index contributed by atoms with van der Waals surface area (Å²) in [6, 6.07) is 16.9. The van der Waals surface area contributed by atoms with E-state index in [1.807, 2.05) is 0 Å². The second-order valence-electron chi connectivity index (χ2n) is 9.70. The summed E-state index contributed by atoms with van der Waals surface area (Å²) in [5.74, 6) is 0.798. The molecule has 3 heterocycles. The highest BCUT2D eigenvalue weighted by Crippen LogP contribution is 2.38. The molecule has 2 aromatic carbocycles. The SMILES string of the molecule is COC(=O)c1ccncc1NC[C@@H]1CCOc2cc(N(C)c3ccc(C4=CCN(C)CC4)cc3)ccc21. The van der Waals surface area contributed by atoms with Gasteiger partial charge in [0, 0.05) is 56.2 Å². The maximum atomic E-state index is 12.1. The molecule has 0 amide bonds. The van der Waals surface area contributed by atoms with Gasteiger partial charge in [-0.25, -0.2) is 4.79 Å². The van der Waals surface area contributed by atoms with Crippen LogP contribution in [0.4, 0.5) is 17.1 Å². The lowest BCUT2D eigenvalue weighted by Crippen LogP contribution is -2.23. The number of carbonyl (C=O) groups excluding carboxylic acids is 1. The molecule has 192 valence electrons. The Morgan fingerprint density at radius 2 is 2.00 bits per heavy atom. The van der Waals surface area contributed by atoms with Crippen molar-refractivity contribution in [1.29, 1.82) is 0 Å². The number of likely N-dealkylation sites (N-methyl/N-ethyl adjacent to an activating group) is 1. The van der Waals surface area contributed by atoms with Gasteiger partial charge >= 0.3 is 5.97 Å². The van der Waals surface area contributed by atoms with Gasteiger partial charge in [0.1, 0.15) is 5.75 Å². The molecule has 0 fully saturated rings. The smallest absolute Gasteiger partial charge is 0.340 e. The first-order valence-electron chi connectivity index (χ1n) is 12.8. The zero-order valence-corrected chi connectivity index (χ0v) is 21.7. The van der Waals surface area contributed by atoms with Gasteiger partial charge in [0.2, 0.25) is 0 Å². The first-order valence-corrected chi connectivity index (χ1v) is 12.8. The lowest BCUT2D eigenvalue weighted by atomic mass is 9.92. The fourth-order valence-electron chi connectivity index (χ4n) is 5.01. The van der Waals surface area contributed by atoms with Gasteiger partial charge in [-0.15, -0.1) is 0 Å². The third-order valence-corrected chi connectivity index (χ3v) is 7.35. The molecule has 37 heavy (non-hydrogen) atoms. The number of fused-ring (bicyclic) bond motifs is 1. The average Bonchev–Trinajstić information content (AvgIpc) is 2.95. The summed E-state index contributed by atoms with van der Waals surface area (Å²) in [7, 11) is 5.63. The van der Waals surface area contributed by atoms with Crippen molar-refractivity contribution in [3.05, 3.63) is 83.7 Å². The Balaban J connectivity index is 1.29. The zero-order valence-electron chi connectivity index (χ0n) is 21.7. The van der Waals surface area contributed by atoms with Crippen LogP contribution in [0.2, 0.25) is 0 Å². The fraction of sp³-hybridized carbons (Fsp3) is 0.333. The molecule has 7 nitrogen and oxygen atoms in total. The molecular formula is C30H34N4O3. The minimum Gasteiger partial charge on any atom is -0.493 e. The van der Waals surface area contributed by atoms with Crippen LogP contribution >= 0.6 is 0 Å². The number of ether oxygens (including phenoxy) is 2. The minimum absolute atomic E-state index is 0.260. The van der Waals surface area contributed by atoms with Crippen LogP contribution in [0.25, 0.3) is 5.57 Å². The molecule has 1 atom stereocenters. The summed E-state index contributed by atoms with van der Waals surface area (Å²) in [6.45, 7) is 3.45. The molecule has 1 aromatic heterocycles. The van der Waals surface area contributed by atoms with Gasteiger partial charge in [0.15, 0.2) is 0 Å². The van der Waals surface area contributed by atoms with Crippen molar-refractivity contribution in [2.45, 2.75) is 18.8 Å². The first kappa shape index (κ1) is 24.8. The monoisotopic (exact) mass is 498 g/mol. The topological polar surface area (TPSA) is 66.9 Å². The Morgan fingerprint density at radius 3 is 2.76 bits per heavy atom. The Bertz CT molecular complexity index is 1290. The molecule has 5 rings (SSSR count). The minimum atomic E-state index is -0.374. The van der Waals surface area contributed by atoms with Crippen LogP contribution in [0.5, 0.6) is 5.75 Å². The Labute approximate surface area is 218 Å². The molecule has 7 heteroatoms. The van der Waals surface area contributed by atoms with E-state index in [0.29, 0.717) is 24.4 Å². The predicted molar refractivity (Wildman–Crippen MR) is 148 cm³/mol. The largest absolute Gasteiger partial charge is 0.493 e. The van der Waals surface area contributed by atoms with E-state index in [-0.39, 0.29) is 11.9 Å². The van der Waals surface area contributed by atoms with Gasteiger partial charge in [-0.3, -0.25) is 4.98 Å². The van der Waals surface area contributed by atoms with Crippen molar-refractivity contribution in [1.82, 2.24) is 9.88 Å². The highest BCUT2D eigenvalue weighted by Gasteiger charge is 2.23. The van der Waals surface area contributed by atoms with Gasteiger partial charge in [0.25, 0.3) is 0 Å². The van der Waals surface area contributed by atoms with Gasteiger partial charge in [-0.05, 0) is 60.9 Å². The van der Waals surface area contributed by atoms with E-state index >= 15 is 0 Å². The molecule has 1 N–H and O–H groups in total. The van der Waals surface area contributed by atoms with E-state index < -0.39 is 0 Å². The summed E-state index contributed by atoms with van der Waals surface area (Å²) < 4.78 is 11.0. The quantitative estimate of drug-likeness (QED) is 0.442. The standard InChI is InChI=1S/C30H34N4O3/c1-33-15-11-22(12-16-33)21-4-6-24(7-5-21)34(2)25-8-9-26-23(13-17-37-29(26)18-25)19-32-28-20-31-14-10-27(28)30(35)36-3/h4-11,14,18,20,23,32H,12-13,15-17,19H2,1-3H3/t23-/m0/s1. The number of rotatable bonds is 7. The second-order valence-corrected chi connectivity index (χ2v) is 9.70. The highest BCUT2D eigenvalue weighted by molar-refractivity contribution is 5.95. The molecule has 0 saturated carbocycles.